The standard InChI is InChI=1S/C20H26O4S/c1-15(2)18(13-17-7-9-19(23-4)10-8-17)14-24-25(21,22)20-11-5-16(3)6-12-20/h5-12,15,18H,13-14H2,1-4H3/t18-/m0/s1. The lowest BCUT2D eigenvalue weighted by molar-refractivity contribution is 0.214. The monoisotopic (exact) mass is 362 g/mol. The molecule has 4 nitrogen and oxygen atoms in total. The van der Waals surface area contributed by atoms with E-state index in [0.29, 0.717) is 5.92 Å². The minimum Gasteiger partial charge on any atom is -0.497 e. The van der Waals surface area contributed by atoms with Crippen LogP contribution < -0.4 is 4.74 Å². The van der Waals surface area contributed by atoms with Crippen LogP contribution in [0.2, 0.25) is 0 Å². The second kappa shape index (κ2) is 8.50. The molecule has 2 aromatic rings. The van der Waals surface area contributed by atoms with Gasteiger partial charge in [-0.15, -0.1) is 0 Å². The van der Waals surface area contributed by atoms with E-state index in [1.54, 1.807) is 31.4 Å². The molecule has 5 heteroatoms. The Morgan fingerprint density at radius 1 is 0.960 bits per heavy atom. The molecular formula is C20H26O4S. The van der Waals surface area contributed by atoms with Gasteiger partial charge >= 0.3 is 0 Å². The maximum atomic E-state index is 12.4. The van der Waals surface area contributed by atoms with Crippen LogP contribution in [0.1, 0.15) is 25.0 Å². The van der Waals surface area contributed by atoms with Crippen LogP contribution in [-0.4, -0.2) is 22.1 Å². The molecule has 0 saturated heterocycles. The fourth-order valence-corrected chi connectivity index (χ4v) is 3.46. The van der Waals surface area contributed by atoms with Gasteiger partial charge in [0, 0.05) is 0 Å². The van der Waals surface area contributed by atoms with Gasteiger partial charge in [0.1, 0.15) is 5.75 Å². The van der Waals surface area contributed by atoms with Crippen LogP contribution in [-0.2, 0) is 20.7 Å². The molecule has 0 aromatic heterocycles. The van der Waals surface area contributed by atoms with Crippen molar-refractivity contribution in [2.75, 3.05) is 13.7 Å². The molecule has 25 heavy (non-hydrogen) atoms. The van der Waals surface area contributed by atoms with Gasteiger partial charge < -0.3 is 4.74 Å². The normalized spacial score (nSPS) is 13.0. The Bertz CT molecular complexity index is 762. The summed E-state index contributed by atoms with van der Waals surface area (Å²) in [5, 5.41) is 0. The Morgan fingerprint density at radius 2 is 1.56 bits per heavy atom. The smallest absolute Gasteiger partial charge is 0.296 e. The van der Waals surface area contributed by atoms with Crippen molar-refractivity contribution in [2.24, 2.45) is 11.8 Å². The highest BCUT2D eigenvalue weighted by atomic mass is 32.2. The molecule has 136 valence electrons. The molecular weight excluding hydrogens is 336 g/mol. The zero-order chi connectivity index (χ0) is 18.4. The van der Waals surface area contributed by atoms with E-state index in [9.17, 15) is 8.42 Å². The maximum Gasteiger partial charge on any atom is 0.296 e. The average Bonchev–Trinajstić information content (AvgIpc) is 2.59. The third-order valence-corrected chi connectivity index (χ3v) is 5.64. The van der Waals surface area contributed by atoms with Crippen LogP contribution in [0.5, 0.6) is 5.75 Å². The summed E-state index contributed by atoms with van der Waals surface area (Å²) in [6, 6.07) is 14.5. The van der Waals surface area contributed by atoms with Crippen molar-refractivity contribution in [1.29, 1.82) is 0 Å². The van der Waals surface area contributed by atoms with Crippen molar-refractivity contribution in [2.45, 2.75) is 32.1 Å². The lowest BCUT2D eigenvalue weighted by Gasteiger charge is -2.21. The van der Waals surface area contributed by atoms with Crippen LogP contribution in [0.4, 0.5) is 0 Å². The largest absolute Gasteiger partial charge is 0.497 e. The van der Waals surface area contributed by atoms with Gasteiger partial charge in [0.2, 0.25) is 0 Å². The number of methoxy groups -OCH3 is 1. The summed E-state index contributed by atoms with van der Waals surface area (Å²) in [7, 11) is -2.09. The molecule has 1 atom stereocenters. The quantitative estimate of drug-likeness (QED) is 0.660. The number of hydrogen-bond acceptors (Lipinski definition) is 4. The molecule has 0 aliphatic heterocycles. The van der Waals surface area contributed by atoms with Crippen molar-refractivity contribution in [1.82, 2.24) is 0 Å². The molecule has 2 rings (SSSR count). The van der Waals surface area contributed by atoms with Crippen molar-refractivity contribution < 1.29 is 17.3 Å². The van der Waals surface area contributed by atoms with Crippen molar-refractivity contribution >= 4 is 10.1 Å². The summed E-state index contributed by atoms with van der Waals surface area (Å²) in [4.78, 5) is 0.199. The van der Waals surface area contributed by atoms with Crippen LogP contribution >= 0.6 is 0 Å². The van der Waals surface area contributed by atoms with Crippen LogP contribution in [0.25, 0.3) is 0 Å². The topological polar surface area (TPSA) is 52.6 Å². The van der Waals surface area contributed by atoms with E-state index in [1.807, 2.05) is 31.2 Å². The number of aryl methyl sites for hydroxylation is 1. The third kappa shape index (κ3) is 5.58. The molecule has 0 radical (unpaired) electrons. The lowest BCUT2D eigenvalue weighted by Crippen LogP contribution is -2.21. The molecule has 0 spiro atoms. The van der Waals surface area contributed by atoms with Crippen molar-refractivity contribution in [3.8, 4) is 5.75 Å². The zero-order valence-corrected chi connectivity index (χ0v) is 16.0. The zero-order valence-electron chi connectivity index (χ0n) is 15.2. The van der Waals surface area contributed by atoms with E-state index >= 15 is 0 Å². The maximum absolute atomic E-state index is 12.4. The Kier molecular flexibility index (Phi) is 6.62. The predicted octanol–water partition coefficient (Wildman–Crippen LogP) is 4.22. The van der Waals surface area contributed by atoms with Crippen LogP contribution in [0.3, 0.4) is 0 Å². The molecule has 0 N–H and O–H groups in total. The SMILES string of the molecule is COc1ccc(C[C@@H](COS(=O)(=O)c2ccc(C)cc2)C(C)C)cc1. The van der Waals surface area contributed by atoms with Gasteiger partial charge in [0.05, 0.1) is 18.6 Å². The number of hydrogen-bond donors (Lipinski definition) is 0. The Hall–Kier alpha value is -1.85. The van der Waals surface area contributed by atoms with Gasteiger partial charge in [-0.25, -0.2) is 0 Å². The van der Waals surface area contributed by atoms with Gasteiger partial charge in [-0.2, -0.15) is 8.42 Å². The molecule has 0 heterocycles. The van der Waals surface area contributed by atoms with E-state index < -0.39 is 10.1 Å². The Labute approximate surface area is 150 Å². The van der Waals surface area contributed by atoms with E-state index in [2.05, 4.69) is 13.8 Å². The number of rotatable bonds is 8. The highest BCUT2D eigenvalue weighted by Crippen LogP contribution is 2.22. The molecule has 0 amide bonds. The third-order valence-electron chi connectivity index (χ3n) is 4.35. The average molecular weight is 362 g/mol. The van der Waals surface area contributed by atoms with E-state index in [1.165, 1.54) is 0 Å². The minimum absolute atomic E-state index is 0.105. The van der Waals surface area contributed by atoms with Gasteiger partial charge in [-0.1, -0.05) is 43.7 Å². The summed E-state index contributed by atoms with van der Waals surface area (Å²) in [5.41, 5.74) is 2.15. The van der Waals surface area contributed by atoms with Crippen LogP contribution in [0, 0.1) is 18.8 Å². The molecule has 0 unspecified atom stereocenters. The summed E-state index contributed by atoms with van der Waals surface area (Å²) >= 11 is 0. The fraction of sp³-hybridized carbons (Fsp3) is 0.400. The highest BCUT2D eigenvalue weighted by molar-refractivity contribution is 7.86. The first-order valence-electron chi connectivity index (χ1n) is 8.41. The Balaban J connectivity index is 2.04. The summed E-state index contributed by atoms with van der Waals surface area (Å²) in [5.74, 6) is 1.21. The minimum atomic E-state index is -3.73. The number of ether oxygens (including phenoxy) is 1. The first-order chi connectivity index (χ1) is 11.8. The molecule has 0 aliphatic carbocycles. The van der Waals surface area contributed by atoms with Gasteiger partial charge in [-0.05, 0) is 55.0 Å². The predicted molar refractivity (Wildman–Crippen MR) is 99.3 cm³/mol. The van der Waals surface area contributed by atoms with E-state index in [4.69, 9.17) is 8.92 Å². The van der Waals surface area contributed by atoms with Crippen LogP contribution in [0.15, 0.2) is 53.4 Å². The van der Waals surface area contributed by atoms with Gasteiger partial charge in [0.15, 0.2) is 0 Å². The first kappa shape index (κ1) is 19.5. The Morgan fingerprint density at radius 3 is 2.08 bits per heavy atom. The van der Waals surface area contributed by atoms with E-state index in [0.717, 1.165) is 23.3 Å². The lowest BCUT2D eigenvalue weighted by atomic mass is 9.90. The van der Waals surface area contributed by atoms with E-state index in [-0.39, 0.29) is 17.4 Å². The van der Waals surface area contributed by atoms with Crippen molar-refractivity contribution in [3.05, 3.63) is 59.7 Å². The van der Waals surface area contributed by atoms with Gasteiger partial charge in [0.25, 0.3) is 10.1 Å². The van der Waals surface area contributed by atoms with Crippen molar-refractivity contribution in [3.63, 3.8) is 0 Å². The fourth-order valence-electron chi connectivity index (χ4n) is 2.50. The first-order valence-corrected chi connectivity index (χ1v) is 9.81. The molecule has 2 aromatic carbocycles. The van der Waals surface area contributed by atoms with Gasteiger partial charge in [-0.3, -0.25) is 4.18 Å². The summed E-state index contributed by atoms with van der Waals surface area (Å²) in [6.07, 6.45) is 0.755. The molecule has 0 saturated carbocycles. The highest BCUT2D eigenvalue weighted by Gasteiger charge is 2.21. The molecule has 0 aliphatic rings. The summed E-state index contributed by atoms with van der Waals surface area (Å²) < 4.78 is 35.2. The molecule has 0 bridgehead atoms. The molecule has 0 fully saturated rings. The summed E-state index contributed by atoms with van der Waals surface area (Å²) in [6.45, 7) is 6.24. The second-order valence-electron chi connectivity index (χ2n) is 6.61. The second-order valence-corrected chi connectivity index (χ2v) is 8.22. The number of benzene rings is 2.